The molecule has 0 radical (unpaired) electrons. The van der Waals surface area contributed by atoms with E-state index in [-0.39, 0.29) is 22.6 Å². The van der Waals surface area contributed by atoms with Crippen LogP contribution in [0, 0.1) is 10.1 Å². The highest BCUT2D eigenvalue weighted by molar-refractivity contribution is 5.96. The van der Waals surface area contributed by atoms with Gasteiger partial charge in [-0.05, 0) is 61.9 Å². The normalized spacial score (nSPS) is 19.0. The summed E-state index contributed by atoms with van der Waals surface area (Å²) in [6.07, 6.45) is 5.02. The first-order valence-corrected chi connectivity index (χ1v) is 10.6. The Labute approximate surface area is 176 Å². The molecule has 7 heteroatoms. The van der Waals surface area contributed by atoms with E-state index in [0.29, 0.717) is 17.8 Å². The van der Waals surface area contributed by atoms with Crippen molar-refractivity contribution in [3.63, 3.8) is 0 Å². The van der Waals surface area contributed by atoms with Gasteiger partial charge in [-0.2, -0.15) is 0 Å². The lowest BCUT2D eigenvalue weighted by molar-refractivity contribution is -0.384. The zero-order chi connectivity index (χ0) is 21.1. The third-order valence-electron chi connectivity index (χ3n) is 6.13. The average molecular weight is 409 g/mol. The van der Waals surface area contributed by atoms with Crippen molar-refractivity contribution >= 4 is 17.3 Å². The fraction of sp³-hybridized carbons (Fsp3) is 0.435. The second-order valence-corrected chi connectivity index (χ2v) is 7.94. The molecule has 2 fully saturated rings. The number of methoxy groups -OCH3 is 1. The molecule has 2 aromatic carbocycles. The maximum atomic E-state index is 13.3. The zero-order valence-corrected chi connectivity index (χ0v) is 17.3. The molecule has 2 aliphatic heterocycles. The fourth-order valence-corrected chi connectivity index (χ4v) is 4.55. The summed E-state index contributed by atoms with van der Waals surface area (Å²) in [7, 11) is 1.63. The van der Waals surface area contributed by atoms with Gasteiger partial charge in [0.1, 0.15) is 11.4 Å². The van der Waals surface area contributed by atoms with Crippen molar-refractivity contribution in [2.45, 2.75) is 38.1 Å². The standard InChI is InChI=1S/C23H27N3O4/c1-30-19-10-7-17(8-11-19)20-6-5-15-25(20)23(27)18-9-12-21(22(16-18)26(28)29)24-13-3-2-4-14-24/h7-12,16,20H,2-6,13-15H2,1H3. The first-order valence-electron chi connectivity index (χ1n) is 10.6. The van der Waals surface area contributed by atoms with Crippen LogP contribution in [0.2, 0.25) is 0 Å². The Morgan fingerprint density at radius 2 is 1.77 bits per heavy atom. The summed E-state index contributed by atoms with van der Waals surface area (Å²) in [5, 5.41) is 11.7. The monoisotopic (exact) mass is 409 g/mol. The first-order chi connectivity index (χ1) is 14.6. The second-order valence-electron chi connectivity index (χ2n) is 7.94. The summed E-state index contributed by atoms with van der Waals surface area (Å²) in [4.78, 5) is 28.6. The second kappa shape index (κ2) is 8.73. The highest BCUT2D eigenvalue weighted by Gasteiger charge is 2.32. The molecule has 0 spiro atoms. The van der Waals surface area contributed by atoms with Crippen LogP contribution in [-0.4, -0.2) is 42.5 Å². The minimum absolute atomic E-state index is 0.0166. The highest BCUT2D eigenvalue weighted by atomic mass is 16.6. The maximum Gasteiger partial charge on any atom is 0.293 e. The van der Waals surface area contributed by atoms with Crippen LogP contribution in [0.15, 0.2) is 42.5 Å². The van der Waals surface area contributed by atoms with Gasteiger partial charge in [-0.3, -0.25) is 14.9 Å². The Morgan fingerprint density at radius 3 is 2.43 bits per heavy atom. The molecule has 4 rings (SSSR count). The number of piperidine rings is 1. The number of nitro benzene ring substituents is 1. The van der Waals surface area contributed by atoms with Gasteiger partial charge in [0.05, 0.1) is 18.1 Å². The third kappa shape index (κ3) is 3.97. The van der Waals surface area contributed by atoms with Crippen molar-refractivity contribution in [3.8, 4) is 5.75 Å². The molecule has 1 unspecified atom stereocenters. The van der Waals surface area contributed by atoms with Crippen LogP contribution < -0.4 is 9.64 Å². The molecule has 30 heavy (non-hydrogen) atoms. The van der Waals surface area contributed by atoms with Crippen molar-refractivity contribution in [2.24, 2.45) is 0 Å². The Bertz CT molecular complexity index is 923. The molecular formula is C23H27N3O4. The minimum Gasteiger partial charge on any atom is -0.497 e. The molecule has 2 heterocycles. The lowest BCUT2D eigenvalue weighted by Gasteiger charge is -2.29. The molecule has 158 valence electrons. The Hall–Kier alpha value is -3.09. The predicted molar refractivity (Wildman–Crippen MR) is 115 cm³/mol. The molecule has 0 bridgehead atoms. The first kappa shape index (κ1) is 20.2. The van der Waals surface area contributed by atoms with Crippen molar-refractivity contribution in [1.82, 2.24) is 4.90 Å². The average Bonchev–Trinajstić information content (AvgIpc) is 3.28. The van der Waals surface area contributed by atoms with Gasteiger partial charge in [-0.25, -0.2) is 0 Å². The molecule has 7 nitrogen and oxygen atoms in total. The predicted octanol–water partition coefficient (Wildman–Crippen LogP) is 4.57. The number of hydrogen-bond donors (Lipinski definition) is 0. The zero-order valence-electron chi connectivity index (χ0n) is 17.3. The fourth-order valence-electron chi connectivity index (χ4n) is 4.55. The number of anilines is 1. The van der Waals surface area contributed by atoms with Gasteiger partial charge >= 0.3 is 0 Å². The van der Waals surface area contributed by atoms with Gasteiger partial charge in [-0.1, -0.05) is 12.1 Å². The number of ether oxygens (including phenoxy) is 1. The summed E-state index contributed by atoms with van der Waals surface area (Å²) in [6.45, 7) is 2.29. The Balaban J connectivity index is 1.60. The summed E-state index contributed by atoms with van der Waals surface area (Å²) in [6, 6.07) is 12.7. The summed E-state index contributed by atoms with van der Waals surface area (Å²) in [5.74, 6) is 0.625. The van der Waals surface area contributed by atoms with Crippen molar-refractivity contribution in [2.75, 3.05) is 31.6 Å². The van der Waals surface area contributed by atoms with E-state index in [1.54, 1.807) is 19.2 Å². The smallest absolute Gasteiger partial charge is 0.293 e. The molecule has 0 aliphatic carbocycles. The minimum atomic E-state index is -0.369. The Kier molecular flexibility index (Phi) is 5.88. The highest BCUT2D eigenvalue weighted by Crippen LogP contribution is 2.36. The number of likely N-dealkylation sites (tertiary alicyclic amines) is 1. The van der Waals surface area contributed by atoms with E-state index in [0.717, 1.165) is 56.5 Å². The van der Waals surface area contributed by atoms with E-state index in [4.69, 9.17) is 4.74 Å². The van der Waals surface area contributed by atoms with E-state index >= 15 is 0 Å². The molecule has 0 aromatic heterocycles. The van der Waals surface area contributed by atoms with Crippen LogP contribution in [0.5, 0.6) is 5.75 Å². The number of hydrogen-bond acceptors (Lipinski definition) is 5. The summed E-state index contributed by atoms with van der Waals surface area (Å²) in [5.41, 5.74) is 2.07. The van der Waals surface area contributed by atoms with Crippen LogP contribution in [0.25, 0.3) is 0 Å². The van der Waals surface area contributed by atoms with Crippen LogP contribution >= 0.6 is 0 Å². The molecule has 1 atom stereocenters. The number of nitro groups is 1. The van der Waals surface area contributed by atoms with Crippen LogP contribution in [0.3, 0.4) is 0 Å². The lowest BCUT2D eigenvalue weighted by atomic mass is 10.0. The number of carbonyl (C=O) groups is 1. The van der Waals surface area contributed by atoms with Gasteiger partial charge in [-0.15, -0.1) is 0 Å². The SMILES string of the molecule is COc1ccc(C2CCCN2C(=O)c2ccc(N3CCCCC3)c([N+](=O)[O-])c2)cc1. The van der Waals surface area contributed by atoms with Gasteiger partial charge in [0, 0.05) is 31.3 Å². The number of rotatable bonds is 5. The molecule has 0 N–H and O–H groups in total. The molecule has 2 aromatic rings. The van der Waals surface area contributed by atoms with Gasteiger partial charge in [0.25, 0.3) is 11.6 Å². The molecular weight excluding hydrogens is 382 g/mol. The van der Waals surface area contributed by atoms with E-state index in [9.17, 15) is 14.9 Å². The molecule has 1 amide bonds. The van der Waals surface area contributed by atoms with E-state index < -0.39 is 0 Å². The number of benzene rings is 2. The topological polar surface area (TPSA) is 75.9 Å². The lowest BCUT2D eigenvalue weighted by Crippen LogP contribution is -2.31. The summed E-state index contributed by atoms with van der Waals surface area (Å²) < 4.78 is 5.22. The van der Waals surface area contributed by atoms with Gasteiger partial charge in [0.2, 0.25) is 0 Å². The van der Waals surface area contributed by atoms with Crippen LogP contribution in [-0.2, 0) is 0 Å². The quantitative estimate of drug-likeness (QED) is 0.534. The number of amides is 1. The van der Waals surface area contributed by atoms with E-state index in [1.165, 1.54) is 6.07 Å². The summed E-state index contributed by atoms with van der Waals surface area (Å²) >= 11 is 0. The van der Waals surface area contributed by atoms with E-state index in [1.807, 2.05) is 29.2 Å². The van der Waals surface area contributed by atoms with Crippen molar-refractivity contribution < 1.29 is 14.5 Å². The van der Waals surface area contributed by atoms with Gasteiger partial charge in [0.15, 0.2) is 0 Å². The molecule has 0 saturated carbocycles. The van der Waals surface area contributed by atoms with E-state index in [2.05, 4.69) is 4.90 Å². The van der Waals surface area contributed by atoms with Crippen LogP contribution in [0.4, 0.5) is 11.4 Å². The molecule has 2 aliphatic rings. The third-order valence-corrected chi connectivity index (χ3v) is 6.13. The molecule has 2 saturated heterocycles. The number of carbonyl (C=O) groups excluding carboxylic acids is 1. The van der Waals surface area contributed by atoms with Gasteiger partial charge < -0.3 is 14.5 Å². The largest absolute Gasteiger partial charge is 0.497 e. The van der Waals surface area contributed by atoms with Crippen LogP contribution in [0.1, 0.15) is 54.1 Å². The van der Waals surface area contributed by atoms with Crippen molar-refractivity contribution in [3.05, 3.63) is 63.7 Å². The number of nitrogens with zero attached hydrogens (tertiary/aromatic N) is 3. The maximum absolute atomic E-state index is 13.3. The van der Waals surface area contributed by atoms with Crippen molar-refractivity contribution in [1.29, 1.82) is 0 Å². The Morgan fingerprint density at radius 1 is 1.03 bits per heavy atom.